The van der Waals surface area contributed by atoms with E-state index >= 15 is 0 Å². The largest absolute Gasteiger partial charge is 0.497 e. The first-order valence-corrected chi connectivity index (χ1v) is 13.1. The first kappa shape index (κ1) is 13.6. The van der Waals surface area contributed by atoms with E-state index in [4.69, 9.17) is 4.74 Å². The summed E-state index contributed by atoms with van der Waals surface area (Å²) < 4.78 is 5.27. The van der Waals surface area contributed by atoms with Gasteiger partial charge in [-0.15, -0.1) is 0 Å². The van der Waals surface area contributed by atoms with Crippen molar-refractivity contribution in [3.63, 3.8) is 0 Å². The lowest BCUT2D eigenvalue weighted by Crippen LogP contribution is -2.70. The molecule has 2 aromatic carbocycles. The number of ether oxygens (including phenoxy) is 1. The van der Waals surface area contributed by atoms with Gasteiger partial charge in [0.05, 0.1) is 23.3 Å². The number of rotatable bonds is 3. The van der Waals surface area contributed by atoms with Crippen molar-refractivity contribution in [1.29, 1.82) is 0 Å². The molecule has 3 rings (SSSR count). The Labute approximate surface area is 123 Å². The summed E-state index contributed by atoms with van der Waals surface area (Å²) in [6, 6.07) is 20.0. The standard InChI is InChI=1S/C17H22OSi2/c1-18-15-9-11-17(12-10-15)20(3)13-19(2,14-20)16-7-5-4-6-8-16/h4-12H,13-14H2,1-3H3. The smallest absolute Gasteiger partial charge is 0.118 e. The first-order chi connectivity index (χ1) is 9.56. The van der Waals surface area contributed by atoms with Gasteiger partial charge in [0.15, 0.2) is 0 Å². The Balaban J connectivity index is 1.80. The predicted molar refractivity (Wildman–Crippen MR) is 91.6 cm³/mol. The first-order valence-electron chi connectivity index (χ1n) is 7.26. The number of hydrogen-bond acceptors (Lipinski definition) is 1. The number of benzene rings is 2. The molecule has 0 spiro atoms. The fourth-order valence-corrected chi connectivity index (χ4v) is 22.5. The molecule has 0 atom stereocenters. The molecule has 1 nitrogen and oxygen atoms in total. The zero-order valence-corrected chi connectivity index (χ0v) is 14.5. The Bertz CT molecular complexity index is 586. The van der Waals surface area contributed by atoms with Crippen molar-refractivity contribution in [3.05, 3.63) is 54.6 Å². The van der Waals surface area contributed by atoms with E-state index in [1.807, 2.05) is 0 Å². The molecule has 0 radical (unpaired) electrons. The van der Waals surface area contributed by atoms with Crippen LogP contribution in [0.25, 0.3) is 0 Å². The Hall–Kier alpha value is -1.33. The van der Waals surface area contributed by atoms with Crippen LogP contribution in [-0.4, -0.2) is 23.3 Å². The fraction of sp³-hybridized carbons (Fsp3) is 0.294. The second-order valence-electron chi connectivity index (χ2n) is 6.57. The fourth-order valence-electron chi connectivity index (χ4n) is 3.91. The van der Waals surface area contributed by atoms with Gasteiger partial charge in [-0.05, 0) is 12.1 Å². The van der Waals surface area contributed by atoms with Crippen LogP contribution in [0.5, 0.6) is 5.75 Å². The molecule has 0 saturated carbocycles. The summed E-state index contributed by atoms with van der Waals surface area (Å²) in [6.45, 7) is 5.10. The lowest BCUT2D eigenvalue weighted by molar-refractivity contribution is 0.415. The molecule has 1 heterocycles. The minimum Gasteiger partial charge on any atom is -0.497 e. The molecular weight excluding hydrogens is 276 g/mol. The van der Waals surface area contributed by atoms with Crippen molar-refractivity contribution in [2.45, 2.75) is 24.4 Å². The van der Waals surface area contributed by atoms with Crippen molar-refractivity contribution in [3.8, 4) is 5.75 Å². The van der Waals surface area contributed by atoms with Crippen LogP contribution < -0.4 is 15.1 Å². The van der Waals surface area contributed by atoms with Crippen molar-refractivity contribution in [2.24, 2.45) is 0 Å². The van der Waals surface area contributed by atoms with Crippen molar-refractivity contribution in [1.82, 2.24) is 0 Å². The van der Waals surface area contributed by atoms with E-state index in [-0.39, 0.29) is 0 Å². The molecule has 20 heavy (non-hydrogen) atoms. The van der Waals surface area contributed by atoms with E-state index in [1.165, 1.54) is 11.3 Å². The minimum absolute atomic E-state index is 0.966. The van der Waals surface area contributed by atoms with Crippen LogP contribution in [0.2, 0.25) is 24.4 Å². The van der Waals surface area contributed by atoms with Gasteiger partial charge >= 0.3 is 0 Å². The molecule has 0 N–H and O–H groups in total. The normalized spacial score (nSPS) is 28.8. The SMILES string of the molecule is COc1ccc([Si]2(C)C[Si](C)(c3ccccc3)C2)cc1. The van der Waals surface area contributed by atoms with E-state index in [0.29, 0.717) is 0 Å². The average molecular weight is 299 g/mol. The molecule has 1 aliphatic heterocycles. The zero-order valence-electron chi connectivity index (χ0n) is 12.5. The van der Waals surface area contributed by atoms with Crippen LogP contribution >= 0.6 is 0 Å². The summed E-state index contributed by atoms with van der Waals surface area (Å²) >= 11 is 0. The summed E-state index contributed by atoms with van der Waals surface area (Å²) in [5.74, 6) is 0.966. The third-order valence-corrected chi connectivity index (χ3v) is 20.8. The maximum absolute atomic E-state index is 5.27. The van der Waals surface area contributed by atoms with Crippen LogP contribution in [-0.2, 0) is 0 Å². The third kappa shape index (κ3) is 2.25. The summed E-state index contributed by atoms with van der Waals surface area (Å²) in [5, 5.41) is 3.23. The second kappa shape index (κ2) is 4.90. The topological polar surface area (TPSA) is 9.23 Å². The zero-order chi connectivity index (χ0) is 14.2. The molecule has 1 saturated heterocycles. The predicted octanol–water partition coefficient (Wildman–Crippen LogP) is 3.06. The highest BCUT2D eigenvalue weighted by molar-refractivity contribution is 7.22. The van der Waals surface area contributed by atoms with Crippen molar-refractivity contribution in [2.75, 3.05) is 7.11 Å². The Kier molecular flexibility index (Phi) is 3.34. The Morgan fingerprint density at radius 3 is 1.75 bits per heavy atom. The lowest BCUT2D eigenvalue weighted by atomic mass is 10.3. The molecule has 0 aliphatic carbocycles. The van der Waals surface area contributed by atoms with Gasteiger partial charge in [-0.3, -0.25) is 0 Å². The van der Waals surface area contributed by atoms with E-state index < -0.39 is 16.1 Å². The molecule has 3 heteroatoms. The quantitative estimate of drug-likeness (QED) is 0.791. The highest BCUT2D eigenvalue weighted by Gasteiger charge is 2.53. The summed E-state index contributed by atoms with van der Waals surface area (Å²) in [6.07, 6.45) is 0. The van der Waals surface area contributed by atoms with Crippen molar-refractivity contribution < 1.29 is 4.74 Å². The van der Waals surface area contributed by atoms with E-state index in [9.17, 15) is 0 Å². The van der Waals surface area contributed by atoms with Crippen LogP contribution in [0.15, 0.2) is 54.6 Å². The van der Waals surface area contributed by atoms with Gasteiger partial charge in [0, 0.05) is 0 Å². The molecule has 0 bridgehead atoms. The molecular formula is C17H22OSi2. The minimum atomic E-state index is -1.22. The summed E-state index contributed by atoms with van der Waals surface area (Å²) in [7, 11) is -0.670. The van der Waals surface area contributed by atoms with Gasteiger partial charge in [0.1, 0.15) is 5.75 Å². The van der Waals surface area contributed by atoms with Gasteiger partial charge in [0.25, 0.3) is 0 Å². The Morgan fingerprint density at radius 1 is 0.750 bits per heavy atom. The maximum atomic E-state index is 5.27. The van der Waals surface area contributed by atoms with Gasteiger partial charge in [0.2, 0.25) is 0 Å². The highest BCUT2D eigenvalue weighted by Crippen LogP contribution is 2.39. The van der Waals surface area contributed by atoms with Crippen LogP contribution in [0.1, 0.15) is 0 Å². The molecule has 1 aliphatic rings. The molecule has 0 aromatic heterocycles. The molecule has 1 fully saturated rings. The van der Waals surface area contributed by atoms with Crippen LogP contribution in [0, 0.1) is 0 Å². The van der Waals surface area contributed by atoms with Gasteiger partial charge in [-0.1, -0.05) is 77.3 Å². The average Bonchev–Trinajstić information content (AvgIpc) is 2.46. The molecule has 0 amide bonds. The lowest BCUT2D eigenvalue weighted by Gasteiger charge is -2.51. The van der Waals surface area contributed by atoms with E-state index in [0.717, 1.165) is 5.75 Å². The maximum Gasteiger partial charge on any atom is 0.118 e. The summed E-state index contributed by atoms with van der Waals surface area (Å²) in [4.78, 5) is 0. The van der Waals surface area contributed by atoms with Gasteiger partial charge < -0.3 is 4.74 Å². The highest BCUT2D eigenvalue weighted by atomic mass is 28.5. The van der Waals surface area contributed by atoms with Crippen LogP contribution in [0.3, 0.4) is 0 Å². The Morgan fingerprint density at radius 2 is 1.25 bits per heavy atom. The van der Waals surface area contributed by atoms with Gasteiger partial charge in [-0.25, -0.2) is 0 Å². The van der Waals surface area contributed by atoms with Gasteiger partial charge in [-0.2, -0.15) is 0 Å². The van der Waals surface area contributed by atoms with E-state index in [1.54, 1.807) is 17.5 Å². The monoisotopic (exact) mass is 298 g/mol. The number of hydrogen-bond donors (Lipinski definition) is 0. The number of methoxy groups -OCH3 is 1. The van der Waals surface area contributed by atoms with Crippen molar-refractivity contribution >= 4 is 26.5 Å². The molecule has 104 valence electrons. The van der Waals surface area contributed by atoms with Crippen LogP contribution in [0.4, 0.5) is 0 Å². The summed E-state index contributed by atoms with van der Waals surface area (Å²) in [5.41, 5.74) is 2.96. The third-order valence-electron chi connectivity index (χ3n) is 4.82. The molecule has 2 aromatic rings. The molecule has 0 unspecified atom stereocenters. The van der Waals surface area contributed by atoms with E-state index in [2.05, 4.69) is 67.7 Å². The second-order valence-corrected chi connectivity index (χ2v) is 16.8.